The summed E-state index contributed by atoms with van der Waals surface area (Å²) in [4.78, 5) is 14.8. The third kappa shape index (κ3) is 2.53. The van der Waals surface area contributed by atoms with Crippen LogP contribution in [0.1, 0.15) is 18.7 Å². The molecular formula is C13H18N2O2S. The highest BCUT2D eigenvalue weighted by atomic mass is 32.2. The standard InChI is InChI=1S/C13H18N2O2S/c1-8-12(16)14-10-7-9(5-6-11(10)18-8)13(17-4)15(2)3/h5-8,13H,1-4H3,(H,14,16). The Hall–Kier alpha value is -1.04. The van der Waals surface area contributed by atoms with Crippen LogP contribution in [-0.4, -0.2) is 37.3 Å². The number of ether oxygens (including phenoxy) is 1. The normalized spacial score (nSPS) is 20.5. The van der Waals surface area contributed by atoms with Crippen LogP contribution in [0, 0.1) is 0 Å². The number of rotatable bonds is 3. The van der Waals surface area contributed by atoms with Gasteiger partial charge in [0.1, 0.15) is 6.23 Å². The van der Waals surface area contributed by atoms with Gasteiger partial charge in [-0.1, -0.05) is 6.07 Å². The van der Waals surface area contributed by atoms with E-state index in [1.807, 2.05) is 44.1 Å². The van der Waals surface area contributed by atoms with Gasteiger partial charge in [-0.05, 0) is 38.7 Å². The Morgan fingerprint density at radius 3 is 2.78 bits per heavy atom. The van der Waals surface area contributed by atoms with E-state index in [0.717, 1.165) is 16.1 Å². The van der Waals surface area contributed by atoms with Gasteiger partial charge >= 0.3 is 0 Å². The number of hydrogen-bond donors (Lipinski definition) is 1. The maximum Gasteiger partial charge on any atom is 0.237 e. The van der Waals surface area contributed by atoms with Crippen molar-refractivity contribution < 1.29 is 9.53 Å². The second-order valence-corrected chi connectivity index (χ2v) is 5.94. The molecule has 4 nitrogen and oxygen atoms in total. The lowest BCUT2D eigenvalue weighted by atomic mass is 10.1. The average molecular weight is 266 g/mol. The summed E-state index contributed by atoms with van der Waals surface area (Å²) in [5.74, 6) is 0.0588. The van der Waals surface area contributed by atoms with Gasteiger partial charge in [0.05, 0.1) is 10.9 Å². The number of carbonyl (C=O) groups excluding carboxylic acids is 1. The summed E-state index contributed by atoms with van der Waals surface area (Å²) >= 11 is 1.59. The van der Waals surface area contributed by atoms with Gasteiger partial charge < -0.3 is 10.1 Å². The molecule has 2 unspecified atom stereocenters. The SMILES string of the molecule is COC(c1ccc2c(c1)NC(=O)C(C)S2)N(C)C. The van der Waals surface area contributed by atoms with E-state index in [4.69, 9.17) is 4.74 Å². The maximum absolute atomic E-state index is 11.7. The van der Waals surface area contributed by atoms with Gasteiger partial charge in [-0.3, -0.25) is 9.69 Å². The minimum Gasteiger partial charge on any atom is -0.362 e. The summed E-state index contributed by atoms with van der Waals surface area (Å²) in [5.41, 5.74) is 1.92. The highest BCUT2D eigenvalue weighted by Gasteiger charge is 2.24. The first-order valence-corrected chi connectivity index (χ1v) is 6.71. The highest BCUT2D eigenvalue weighted by Crippen LogP contribution is 2.37. The van der Waals surface area contributed by atoms with Crippen molar-refractivity contribution >= 4 is 23.4 Å². The van der Waals surface area contributed by atoms with Crippen molar-refractivity contribution in [1.82, 2.24) is 4.90 Å². The molecule has 0 fully saturated rings. The van der Waals surface area contributed by atoms with E-state index in [1.54, 1.807) is 18.9 Å². The number of nitrogens with zero attached hydrogens (tertiary/aromatic N) is 1. The fraction of sp³-hybridized carbons (Fsp3) is 0.462. The molecule has 1 amide bonds. The Kier molecular flexibility index (Phi) is 3.94. The lowest BCUT2D eigenvalue weighted by Gasteiger charge is -2.26. The van der Waals surface area contributed by atoms with Crippen LogP contribution in [0.2, 0.25) is 0 Å². The molecule has 0 saturated heterocycles. The van der Waals surface area contributed by atoms with E-state index >= 15 is 0 Å². The van der Waals surface area contributed by atoms with E-state index in [0.29, 0.717) is 0 Å². The van der Waals surface area contributed by atoms with Crippen LogP contribution in [-0.2, 0) is 9.53 Å². The number of hydrogen-bond acceptors (Lipinski definition) is 4. The van der Waals surface area contributed by atoms with E-state index in [2.05, 4.69) is 5.32 Å². The molecule has 0 radical (unpaired) electrons. The molecule has 1 aromatic carbocycles. The van der Waals surface area contributed by atoms with Crippen LogP contribution in [0.3, 0.4) is 0 Å². The molecule has 0 aliphatic carbocycles. The van der Waals surface area contributed by atoms with Crippen LogP contribution in [0.15, 0.2) is 23.1 Å². The largest absolute Gasteiger partial charge is 0.362 e. The quantitative estimate of drug-likeness (QED) is 0.853. The lowest BCUT2D eigenvalue weighted by Crippen LogP contribution is -2.27. The van der Waals surface area contributed by atoms with Crippen LogP contribution >= 0.6 is 11.8 Å². The molecule has 5 heteroatoms. The number of methoxy groups -OCH3 is 1. The molecule has 98 valence electrons. The molecule has 1 heterocycles. The van der Waals surface area contributed by atoms with Crippen molar-refractivity contribution in [3.63, 3.8) is 0 Å². The molecular weight excluding hydrogens is 248 g/mol. The van der Waals surface area contributed by atoms with Gasteiger partial charge in [-0.15, -0.1) is 11.8 Å². The van der Waals surface area contributed by atoms with Crippen molar-refractivity contribution in [3.8, 4) is 0 Å². The van der Waals surface area contributed by atoms with Crippen molar-refractivity contribution in [2.24, 2.45) is 0 Å². The average Bonchev–Trinajstić information content (AvgIpc) is 2.31. The molecule has 2 rings (SSSR count). The number of carbonyl (C=O) groups is 1. The molecule has 2 atom stereocenters. The topological polar surface area (TPSA) is 41.6 Å². The van der Waals surface area contributed by atoms with Crippen molar-refractivity contribution in [3.05, 3.63) is 23.8 Å². The summed E-state index contributed by atoms with van der Waals surface area (Å²) in [5, 5.41) is 2.90. The Balaban J connectivity index is 2.32. The number of amides is 1. The van der Waals surface area contributed by atoms with Crippen LogP contribution < -0.4 is 5.32 Å². The van der Waals surface area contributed by atoms with Crippen molar-refractivity contribution in [2.75, 3.05) is 26.5 Å². The van der Waals surface area contributed by atoms with Gasteiger partial charge in [0.25, 0.3) is 0 Å². The Morgan fingerprint density at radius 2 is 2.17 bits per heavy atom. The first-order valence-electron chi connectivity index (χ1n) is 5.83. The molecule has 1 aliphatic rings. The fourth-order valence-electron chi connectivity index (χ4n) is 2.03. The van der Waals surface area contributed by atoms with E-state index in [9.17, 15) is 4.79 Å². The molecule has 1 N–H and O–H groups in total. The van der Waals surface area contributed by atoms with Gasteiger partial charge in [0, 0.05) is 12.0 Å². The minimum absolute atomic E-state index is 0.0320. The van der Waals surface area contributed by atoms with Gasteiger partial charge in [0.15, 0.2) is 0 Å². The summed E-state index contributed by atoms with van der Waals surface area (Å²) in [6, 6.07) is 6.07. The zero-order chi connectivity index (χ0) is 13.3. The molecule has 1 aromatic rings. The second kappa shape index (κ2) is 5.30. The van der Waals surface area contributed by atoms with E-state index < -0.39 is 0 Å². The summed E-state index contributed by atoms with van der Waals surface area (Å²) in [6.07, 6.45) is -0.100. The molecule has 0 saturated carbocycles. The van der Waals surface area contributed by atoms with Gasteiger partial charge in [-0.2, -0.15) is 0 Å². The summed E-state index contributed by atoms with van der Waals surface area (Å²) in [6.45, 7) is 1.91. The van der Waals surface area contributed by atoms with Crippen LogP contribution in [0.25, 0.3) is 0 Å². The number of benzene rings is 1. The third-order valence-electron chi connectivity index (χ3n) is 2.91. The lowest BCUT2D eigenvalue weighted by molar-refractivity contribution is -0.115. The molecule has 0 spiro atoms. The van der Waals surface area contributed by atoms with Gasteiger partial charge in [-0.25, -0.2) is 0 Å². The number of anilines is 1. The first kappa shape index (κ1) is 13.4. The fourth-order valence-corrected chi connectivity index (χ4v) is 2.96. The number of thioether (sulfide) groups is 1. The van der Waals surface area contributed by atoms with Crippen LogP contribution in [0.5, 0.6) is 0 Å². The smallest absolute Gasteiger partial charge is 0.237 e. The van der Waals surface area contributed by atoms with E-state index in [-0.39, 0.29) is 17.4 Å². The Morgan fingerprint density at radius 1 is 1.44 bits per heavy atom. The third-order valence-corrected chi connectivity index (χ3v) is 4.09. The van der Waals surface area contributed by atoms with Crippen molar-refractivity contribution in [2.45, 2.75) is 23.3 Å². The second-order valence-electron chi connectivity index (χ2n) is 4.56. The Bertz CT molecular complexity index is 462. The highest BCUT2D eigenvalue weighted by molar-refractivity contribution is 8.00. The number of nitrogens with one attached hydrogen (secondary N) is 1. The zero-order valence-electron chi connectivity index (χ0n) is 11.1. The molecule has 0 bridgehead atoms. The first-order chi connectivity index (χ1) is 8.52. The molecule has 1 aliphatic heterocycles. The van der Waals surface area contributed by atoms with Crippen molar-refractivity contribution in [1.29, 1.82) is 0 Å². The number of fused-ring (bicyclic) bond motifs is 1. The molecule has 0 aromatic heterocycles. The summed E-state index contributed by atoms with van der Waals surface area (Å²) < 4.78 is 5.44. The van der Waals surface area contributed by atoms with E-state index in [1.165, 1.54) is 0 Å². The monoisotopic (exact) mass is 266 g/mol. The van der Waals surface area contributed by atoms with Gasteiger partial charge in [0.2, 0.25) is 5.91 Å². The van der Waals surface area contributed by atoms with Crippen LogP contribution in [0.4, 0.5) is 5.69 Å². The predicted molar refractivity (Wildman–Crippen MR) is 73.8 cm³/mol. The Labute approximate surface area is 112 Å². The maximum atomic E-state index is 11.7. The minimum atomic E-state index is -0.100. The predicted octanol–water partition coefficient (Wildman–Crippen LogP) is 2.33. The zero-order valence-corrected chi connectivity index (χ0v) is 11.9. The molecule has 18 heavy (non-hydrogen) atoms. The summed E-state index contributed by atoms with van der Waals surface area (Å²) in [7, 11) is 5.60.